The summed E-state index contributed by atoms with van der Waals surface area (Å²) < 4.78 is 5.53. The maximum atomic E-state index is 11.8. The Labute approximate surface area is 100 Å². The second kappa shape index (κ2) is 4.88. The van der Waals surface area contributed by atoms with E-state index < -0.39 is 6.04 Å². The molecule has 4 nitrogen and oxygen atoms in total. The Bertz CT molecular complexity index is 465. The summed E-state index contributed by atoms with van der Waals surface area (Å²) in [6.07, 6.45) is 0.667. The van der Waals surface area contributed by atoms with E-state index in [0.717, 1.165) is 11.3 Å². The molecule has 4 heteroatoms. The van der Waals surface area contributed by atoms with Gasteiger partial charge in [0.2, 0.25) is 5.91 Å². The second-order valence-electron chi connectivity index (χ2n) is 4.18. The van der Waals surface area contributed by atoms with Crippen molar-refractivity contribution in [2.24, 2.45) is 5.92 Å². The summed E-state index contributed by atoms with van der Waals surface area (Å²) in [6, 6.07) is 9.23. The van der Waals surface area contributed by atoms with Crippen LogP contribution in [0.2, 0.25) is 0 Å². The molecule has 1 heterocycles. The standard InChI is InChI=1S/C13H14N2O2/c1-9(7-14)15-13(16)11-6-10-4-2-3-5-12(10)17-8-11/h2-5,9,11H,6,8H2,1H3,(H,15,16). The Morgan fingerprint density at radius 3 is 3.12 bits per heavy atom. The van der Waals surface area contributed by atoms with Crippen LogP contribution < -0.4 is 10.1 Å². The van der Waals surface area contributed by atoms with Crippen LogP contribution in [-0.4, -0.2) is 18.6 Å². The van der Waals surface area contributed by atoms with Crippen LogP contribution in [0.1, 0.15) is 12.5 Å². The summed E-state index contributed by atoms with van der Waals surface area (Å²) in [5.74, 6) is 0.527. The summed E-state index contributed by atoms with van der Waals surface area (Å²) >= 11 is 0. The van der Waals surface area contributed by atoms with E-state index in [2.05, 4.69) is 5.32 Å². The third-order valence-corrected chi connectivity index (χ3v) is 2.80. The fraction of sp³-hybridized carbons (Fsp3) is 0.385. The maximum Gasteiger partial charge on any atom is 0.227 e. The molecule has 0 bridgehead atoms. The first-order valence-corrected chi connectivity index (χ1v) is 5.61. The summed E-state index contributed by atoms with van der Waals surface area (Å²) in [7, 11) is 0. The number of para-hydroxylation sites is 1. The summed E-state index contributed by atoms with van der Waals surface area (Å²) in [5.41, 5.74) is 1.04. The number of rotatable bonds is 2. The maximum absolute atomic E-state index is 11.8. The van der Waals surface area contributed by atoms with E-state index in [4.69, 9.17) is 10.00 Å². The van der Waals surface area contributed by atoms with Gasteiger partial charge in [-0.3, -0.25) is 4.79 Å². The SMILES string of the molecule is CC(C#N)NC(=O)C1COc2ccccc2C1. The van der Waals surface area contributed by atoms with E-state index >= 15 is 0 Å². The first-order chi connectivity index (χ1) is 8.20. The lowest BCUT2D eigenvalue weighted by Crippen LogP contribution is -2.41. The number of ether oxygens (including phenoxy) is 1. The molecular weight excluding hydrogens is 216 g/mol. The number of fused-ring (bicyclic) bond motifs is 1. The third-order valence-electron chi connectivity index (χ3n) is 2.80. The molecule has 88 valence electrons. The van der Waals surface area contributed by atoms with Crippen LogP contribution in [0, 0.1) is 17.2 Å². The van der Waals surface area contributed by atoms with Crippen molar-refractivity contribution in [2.45, 2.75) is 19.4 Å². The zero-order chi connectivity index (χ0) is 12.3. The lowest BCUT2D eigenvalue weighted by atomic mass is 9.96. The van der Waals surface area contributed by atoms with E-state index in [9.17, 15) is 4.79 Å². The number of amides is 1. The lowest BCUT2D eigenvalue weighted by Gasteiger charge is -2.24. The fourth-order valence-corrected chi connectivity index (χ4v) is 1.86. The smallest absolute Gasteiger partial charge is 0.227 e. The van der Waals surface area contributed by atoms with E-state index in [1.807, 2.05) is 30.3 Å². The van der Waals surface area contributed by atoms with Crippen molar-refractivity contribution >= 4 is 5.91 Å². The predicted octanol–water partition coefficient (Wildman–Crippen LogP) is 1.27. The van der Waals surface area contributed by atoms with Crippen LogP contribution in [0.5, 0.6) is 5.75 Å². The first kappa shape index (κ1) is 11.5. The number of hydrogen-bond acceptors (Lipinski definition) is 3. The van der Waals surface area contributed by atoms with Gasteiger partial charge in [-0.25, -0.2) is 0 Å². The van der Waals surface area contributed by atoms with Crippen molar-refractivity contribution in [3.8, 4) is 11.8 Å². The van der Waals surface area contributed by atoms with E-state index in [1.165, 1.54) is 0 Å². The van der Waals surface area contributed by atoms with E-state index in [0.29, 0.717) is 13.0 Å². The zero-order valence-electron chi connectivity index (χ0n) is 9.64. The minimum Gasteiger partial charge on any atom is -0.492 e. The van der Waals surface area contributed by atoms with Gasteiger partial charge in [0.05, 0.1) is 12.0 Å². The topological polar surface area (TPSA) is 62.1 Å². The first-order valence-electron chi connectivity index (χ1n) is 5.61. The van der Waals surface area contributed by atoms with Gasteiger partial charge in [0, 0.05) is 0 Å². The van der Waals surface area contributed by atoms with Crippen LogP contribution in [0.4, 0.5) is 0 Å². The molecule has 0 aliphatic carbocycles. The molecule has 1 aromatic carbocycles. The monoisotopic (exact) mass is 230 g/mol. The minimum absolute atomic E-state index is 0.117. The van der Waals surface area contributed by atoms with Gasteiger partial charge in [-0.15, -0.1) is 0 Å². The van der Waals surface area contributed by atoms with Gasteiger partial charge >= 0.3 is 0 Å². The van der Waals surface area contributed by atoms with Gasteiger partial charge < -0.3 is 10.1 Å². The molecule has 0 aromatic heterocycles. The van der Waals surface area contributed by atoms with Crippen molar-refractivity contribution in [3.63, 3.8) is 0 Å². The van der Waals surface area contributed by atoms with Crippen LogP contribution in [0.25, 0.3) is 0 Å². The third kappa shape index (κ3) is 2.56. The average molecular weight is 230 g/mol. The molecule has 2 atom stereocenters. The number of carbonyl (C=O) groups is 1. The Balaban J connectivity index is 2.03. The average Bonchev–Trinajstić information content (AvgIpc) is 2.38. The molecule has 1 aliphatic heterocycles. The van der Waals surface area contributed by atoms with Crippen LogP contribution >= 0.6 is 0 Å². The van der Waals surface area contributed by atoms with Gasteiger partial charge in [0.25, 0.3) is 0 Å². The number of carbonyl (C=O) groups excluding carboxylic acids is 1. The molecule has 17 heavy (non-hydrogen) atoms. The molecule has 1 N–H and O–H groups in total. The molecule has 0 saturated heterocycles. The molecule has 1 amide bonds. The highest BCUT2D eigenvalue weighted by Crippen LogP contribution is 2.26. The van der Waals surface area contributed by atoms with Crippen molar-refractivity contribution < 1.29 is 9.53 Å². The molecule has 0 radical (unpaired) electrons. The molecule has 1 aliphatic rings. The van der Waals surface area contributed by atoms with Gasteiger partial charge in [-0.1, -0.05) is 18.2 Å². The molecule has 0 spiro atoms. The Morgan fingerprint density at radius 1 is 1.59 bits per heavy atom. The predicted molar refractivity (Wildman–Crippen MR) is 62.3 cm³/mol. The van der Waals surface area contributed by atoms with Gasteiger partial charge in [0.1, 0.15) is 18.4 Å². The van der Waals surface area contributed by atoms with Crippen LogP contribution in [0.15, 0.2) is 24.3 Å². The highest BCUT2D eigenvalue weighted by molar-refractivity contribution is 5.80. The van der Waals surface area contributed by atoms with Gasteiger partial charge in [-0.2, -0.15) is 5.26 Å². The molecule has 1 aromatic rings. The van der Waals surface area contributed by atoms with Gasteiger partial charge in [0.15, 0.2) is 0 Å². The van der Waals surface area contributed by atoms with Crippen LogP contribution in [-0.2, 0) is 11.2 Å². The van der Waals surface area contributed by atoms with Crippen molar-refractivity contribution in [1.82, 2.24) is 5.32 Å². The largest absolute Gasteiger partial charge is 0.492 e. The lowest BCUT2D eigenvalue weighted by molar-refractivity contribution is -0.126. The minimum atomic E-state index is -0.459. The van der Waals surface area contributed by atoms with E-state index in [1.54, 1.807) is 6.92 Å². The fourth-order valence-electron chi connectivity index (χ4n) is 1.86. The van der Waals surface area contributed by atoms with Crippen molar-refractivity contribution in [1.29, 1.82) is 5.26 Å². The Morgan fingerprint density at radius 2 is 2.35 bits per heavy atom. The normalized spacial score (nSPS) is 19.4. The number of benzene rings is 1. The Hall–Kier alpha value is -2.02. The molecule has 2 unspecified atom stereocenters. The highest BCUT2D eigenvalue weighted by Gasteiger charge is 2.26. The molecule has 0 saturated carbocycles. The van der Waals surface area contributed by atoms with Crippen LogP contribution in [0.3, 0.4) is 0 Å². The highest BCUT2D eigenvalue weighted by atomic mass is 16.5. The summed E-state index contributed by atoms with van der Waals surface area (Å²) in [6.45, 7) is 2.04. The summed E-state index contributed by atoms with van der Waals surface area (Å²) in [4.78, 5) is 11.8. The molecule has 2 rings (SSSR count). The number of hydrogen-bond donors (Lipinski definition) is 1. The Kier molecular flexibility index (Phi) is 3.29. The number of nitrogens with zero attached hydrogens (tertiary/aromatic N) is 1. The van der Waals surface area contributed by atoms with E-state index in [-0.39, 0.29) is 11.8 Å². The van der Waals surface area contributed by atoms with Crippen molar-refractivity contribution in [3.05, 3.63) is 29.8 Å². The number of nitrogens with one attached hydrogen (secondary N) is 1. The zero-order valence-corrected chi connectivity index (χ0v) is 9.64. The quantitative estimate of drug-likeness (QED) is 0.832. The second-order valence-corrected chi connectivity index (χ2v) is 4.18. The molecular formula is C13H14N2O2. The molecule has 0 fully saturated rings. The number of nitriles is 1. The summed E-state index contributed by atoms with van der Waals surface area (Å²) in [5, 5.41) is 11.3. The van der Waals surface area contributed by atoms with Crippen molar-refractivity contribution in [2.75, 3.05) is 6.61 Å². The van der Waals surface area contributed by atoms with Gasteiger partial charge in [-0.05, 0) is 25.0 Å².